The van der Waals surface area contributed by atoms with Crippen molar-refractivity contribution in [1.29, 1.82) is 0 Å². The van der Waals surface area contributed by atoms with Gasteiger partial charge < -0.3 is 14.6 Å². The Labute approximate surface area is 230 Å². The molecule has 0 fully saturated rings. The molecule has 1 aliphatic rings. The van der Waals surface area contributed by atoms with E-state index in [1.54, 1.807) is 18.2 Å². The Morgan fingerprint density at radius 1 is 1.06 bits per heavy atom. The molecule has 0 radical (unpaired) electrons. The summed E-state index contributed by atoms with van der Waals surface area (Å²) < 4.78 is 72.6. The predicted molar refractivity (Wildman–Crippen MR) is 116 cm³/mol. The van der Waals surface area contributed by atoms with E-state index in [0.29, 0.717) is 46.7 Å². The van der Waals surface area contributed by atoms with Crippen molar-refractivity contribution in [2.75, 3.05) is 0 Å². The molecule has 11 heteroatoms. The number of ether oxygens (including phenoxy) is 1. The molecule has 182 valence electrons. The largest absolute Gasteiger partial charge is 1.00 e. The van der Waals surface area contributed by atoms with E-state index >= 15 is 0 Å². The van der Waals surface area contributed by atoms with Gasteiger partial charge in [0, 0.05) is 34.0 Å². The van der Waals surface area contributed by atoms with Crippen molar-refractivity contribution in [3.63, 3.8) is 0 Å². The van der Waals surface area contributed by atoms with Crippen LogP contribution in [0.4, 0.5) is 22.0 Å². The molecule has 1 heterocycles. The van der Waals surface area contributed by atoms with E-state index in [0.717, 1.165) is 24.4 Å². The van der Waals surface area contributed by atoms with Crippen LogP contribution in [0.5, 0.6) is 5.75 Å². The second kappa shape index (κ2) is 11.3. The molecule has 0 spiro atoms. The summed E-state index contributed by atoms with van der Waals surface area (Å²) >= 11 is 6.18. The summed E-state index contributed by atoms with van der Waals surface area (Å²) in [5.41, 5.74) is -0.444. The minimum Gasteiger partial charge on any atom is -0.545 e. The van der Waals surface area contributed by atoms with Crippen LogP contribution in [0.15, 0.2) is 48.7 Å². The molecule has 0 N–H and O–H groups in total. The third-order valence-electron chi connectivity index (χ3n) is 5.61. The van der Waals surface area contributed by atoms with Crippen LogP contribution in [0.25, 0.3) is 11.1 Å². The third kappa shape index (κ3) is 6.08. The van der Waals surface area contributed by atoms with E-state index in [4.69, 9.17) is 16.3 Å². The minimum absolute atomic E-state index is 0. The summed E-state index contributed by atoms with van der Waals surface area (Å²) in [7, 11) is 0. The normalized spacial score (nSPS) is 13.5. The average molecular weight is 532 g/mol. The molecule has 0 unspecified atom stereocenters. The maximum absolute atomic E-state index is 14.0. The quantitative estimate of drug-likeness (QED) is 0.362. The zero-order valence-electron chi connectivity index (χ0n) is 18.9. The van der Waals surface area contributed by atoms with Crippen molar-refractivity contribution in [3.8, 4) is 5.75 Å². The van der Waals surface area contributed by atoms with Gasteiger partial charge in [-0.05, 0) is 72.4 Å². The predicted octanol–water partition coefficient (Wildman–Crippen LogP) is 3.07. The first-order valence-corrected chi connectivity index (χ1v) is 10.8. The summed E-state index contributed by atoms with van der Waals surface area (Å²) in [6, 6.07) is 8.75. The molecule has 2 aromatic carbocycles. The second-order valence-electron chi connectivity index (χ2n) is 7.88. The van der Waals surface area contributed by atoms with Gasteiger partial charge in [-0.2, -0.15) is 13.2 Å². The molecule has 0 amide bonds. The summed E-state index contributed by atoms with van der Waals surface area (Å²) in [5, 5.41) is 11.8. The number of hydrogen-bond acceptors (Lipinski definition) is 4. The Balaban J connectivity index is 0.00000361. The SMILES string of the molecule is O=C([O-])c1cc(C2=C(c3cc(Cl)ccc3OCc3ccc(F)cc3F)CCC2)cnc1C(F)(F)F.[Na+]. The minimum atomic E-state index is -4.95. The van der Waals surface area contributed by atoms with Gasteiger partial charge in [-0.15, -0.1) is 0 Å². The Kier molecular flexibility index (Phi) is 8.82. The Bertz CT molecular complexity index is 1340. The number of aromatic nitrogens is 1. The Hall–Kier alpha value is -2.46. The van der Waals surface area contributed by atoms with E-state index in [1.165, 1.54) is 6.07 Å². The van der Waals surface area contributed by atoms with E-state index in [1.807, 2.05) is 0 Å². The molecule has 0 aliphatic heterocycles. The van der Waals surface area contributed by atoms with E-state index in [9.17, 15) is 31.9 Å². The number of benzene rings is 2. The molecule has 3 aromatic rings. The van der Waals surface area contributed by atoms with Crippen molar-refractivity contribution in [2.45, 2.75) is 32.0 Å². The standard InChI is InChI=1S/C25H17ClF5NO3.Na/c26-15-5-7-22(35-12-13-4-6-16(27)10-21(13)28)19(9-15)18-3-1-2-17(18)14-8-20(24(33)34)23(32-11-14)25(29,30)31;/h4-11H,1-3,12H2,(H,33,34);/q;+1/p-1. The molecular weight excluding hydrogens is 516 g/mol. The van der Waals surface area contributed by atoms with Crippen LogP contribution >= 0.6 is 11.6 Å². The number of allylic oxidation sites excluding steroid dienone is 2. The molecule has 0 saturated heterocycles. The molecule has 36 heavy (non-hydrogen) atoms. The number of alkyl halides is 3. The fourth-order valence-electron chi connectivity index (χ4n) is 4.03. The van der Waals surface area contributed by atoms with Crippen LogP contribution in [0.1, 0.15) is 52.0 Å². The van der Waals surface area contributed by atoms with Gasteiger partial charge in [0.2, 0.25) is 0 Å². The first-order chi connectivity index (χ1) is 16.5. The number of carbonyl (C=O) groups excluding carboxylic acids is 1. The van der Waals surface area contributed by atoms with Gasteiger partial charge in [0.05, 0.1) is 5.97 Å². The summed E-state index contributed by atoms with van der Waals surface area (Å²) in [6.07, 6.45) is -2.36. The van der Waals surface area contributed by atoms with Gasteiger partial charge in [-0.3, -0.25) is 4.98 Å². The molecular formula is C25H16ClF5NNaO3. The van der Waals surface area contributed by atoms with Crippen LogP contribution in [0.2, 0.25) is 5.02 Å². The van der Waals surface area contributed by atoms with Crippen LogP contribution in [0, 0.1) is 11.6 Å². The molecule has 4 rings (SSSR count). The van der Waals surface area contributed by atoms with Crippen LogP contribution < -0.4 is 39.4 Å². The maximum Gasteiger partial charge on any atom is 1.00 e. The monoisotopic (exact) mass is 531 g/mol. The van der Waals surface area contributed by atoms with Crippen molar-refractivity contribution >= 4 is 28.7 Å². The molecule has 0 bridgehead atoms. The number of pyridine rings is 1. The maximum atomic E-state index is 14.0. The van der Waals surface area contributed by atoms with Crippen LogP contribution in [0.3, 0.4) is 0 Å². The van der Waals surface area contributed by atoms with Gasteiger partial charge in [0.25, 0.3) is 0 Å². The number of carboxylic acid groups (broad SMARTS) is 1. The number of hydrogen-bond donors (Lipinski definition) is 0. The first kappa shape index (κ1) is 28.1. The van der Waals surface area contributed by atoms with Crippen molar-refractivity contribution in [3.05, 3.63) is 93.3 Å². The summed E-state index contributed by atoms with van der Waals surface area (Å²) in [5.74, 6) is -3.15. The number of nitrogens with zero attached hydrogens (tertiary/aromatic N) is 1. The number of aromatic carboxylic acids is 1. The molecule has 0 atom stereocenters. The van der Waals surface area contributed by atoms with Crippen molar-refractivity contribution in [1.82, 2.24) is 4.98 Å². The van der Waals surface area contributed by atoms with Gasteiger partial charge in [-0.1, -0.05) is 11.6 Å². The molecule has 0 saturated carbocycles. The Morgan fingerprint density at radius 2 is 1.78 bits per heavy atom. The van der Waals surface area contributed by atoms with Crippen molar-refractivity contribution < 1.29 is 66.1 Å². The van der Waals surface area contributed by atoms with Crippen LogP contribution in [-0.4, -0.2) is 11.0 Å². The van der Waals surface area contributed by atoms with Gasteiger partial charge >= 0.3 is 35.7 Å². The van der Waals surface area contributed by atoms with Crippen molar-refractivity contribution in [2.24, 2.45) is 0 Å². The van der Waals surface area contributed by atoms with E-state index in [2.05, 4.69) is 4.98 Å². The van der Waals surface area contributed by atoms with E-state index in [-0.39, 0.29) is 47.3 Å². The topological polar surface area (TPSA) is 62.2 Å². The zero-order chi connectivity index (χ0) is 25.3. The number of rotatable bonds is 6. The third-order valence-corrected chi connectivity index (χ3v) is 5.84. The molecule has 1 aliphatic carbocycles. The zero-order valence-corrected chi connectivity index (χ0v) is 21.6. The first-order valence-electron chi connectivity index (χ1n) is 10.4. The second-order valence-corrected chi connectivity index (χ2v) is 8.32. The summed E-state index contributed by atoms with van der Waals surface area (Å²) in [6.45, 7) is -0.208. The molecule has 1 aromatic heterocycles. The molecule has 4 nitrogen and oxygen atoms in total. The smallest absolute Gasteiger partial charge is 0.545 e. The number of halogens is 6. The number of carboxylic acids is 1. The van der Waals surface area contributed by atoms with E-state index < -0.39 is 35.0 Å². The average Bonchev–Trinajstić information content (AvgIpc) is 3.28. The fraction of sp³-hybridized carbons (Fsp3) is 0.200. The number of carbonyl (C=O) groups is 1. The Morgan fingerprint density at radius 3 is 2.44 bits per heavy atom. The summed E-state index contributed by atoms with van der Waals surface area (Å²) in [4.78, 5) is 14.8. The van der Waals surface area contributed by atoms with Crippen LogP contribution in [-0.2, 0) is 12.8 Å². The van der Waals surface area contributed by atoms with Gasteiger partial charge in [0.15, 0.2) is 5.69 Å². The van der Waals surface area contributed by atoms with Gasteiger partial charge in [-0.25, -0.2) is 8.78 Å². The fourth-order valence-corrected chi connectivity index (χ4v) is 4.20. The van der Waals surface area contributed by atoms with Gasteiger partial charge in [0.1, 0.15) is 24.0 Å².